The van der Waals surface area contributed by atoms with E-state index in [9.17, 15) is 18.8 Å². The van der Waals surface area contributed by atoms with Crippen LogP contribution in [0.15, 0.2) is 0 Å². The molecule has 0 amide bonds. The fraction of sp³-hybridized carbons (Fsp3) is 0.769. The highest BCUT2D eigenvalue weighted by atomic mass is 19.1. The zero-order chi connectivity index (χ0) is 14.1. The number of rotatable bonds is 3. The van der Waals surface area contributed by atoms with Gasteiger partial charge in [0.05, 0.1) is 6.67 Å². The minimum absolute atomic E-state index is 0.378. The first-order valence-electron chi connectivity index (χ1n) is 6.29. The average molecular weight is 270 g/mol. The normalized spacial score (nSPS) is 39.7. The van der Waals surface area contributed by atoms with Crippen molar-refractivity contribution in [2.75, 3.05) is 6.67 Å². The van der Waals surface area contributed by atoms with Crippen LogP contribution in [0.2, 0.25) is 0 Å². The van der Waals surface area contributed by atoms with Crippen LogP contribution < -0.4 is 0 Å². The number of Topliss-reactive ketones (excluding diaryl/α,β-unsaturated/α-hetero) is 1. The summed E-state index contributed by atoms with van der Waals surface area (Å²) in [4.78, 5) is 35.9. The second kappa shape index (κ2) is 3.35. The van der Waals surface area contributed by atoms with Crippen LogP contribution in [0.1, 0.15) is 33.1 Å². The molecule has 0 radical (unpaired) electrons. The SMILES string of the molecule is CC1(C)OC(=O)C(C(=O)C23CC(CF)(C2)C3)C(=O)O1. The zero-order valence-electron chi connectivity index (χ0n) is 10.8. The van der Waals surface area contributed by atoms with Gasteiger partial charge in [-0.25, -0.2) is 0 Å². The van der Waals surface area contributed by atoms with E-state index in [4.69, 9.17) is 9.47 Å². The maximum atomic E-state index is 12.7. The van der Waals surface area contributed by atoms with Crippen LogP contribution in [-0.4, -0.2) is 30.2 Å². The van der Waals surface area contributed by atoms with Gasteiger partial charge in [-0.05, 0) is 19.3 Å². The molecule has 0 aromatic carbocycles. The molecule has 4 aliphatic rings. The first kappa shape index (κ1) is 12.6. The lowest BCUT2D eigenvalue weighted by atomic mass is 9.33. The van der Waals surface area contributed by atoms with Gasteiger partial charge in [-0.15, -0.1) is 0 Å². The number of ketones is 1. The van der Waals surface area contributed by atoms with Gasteiger partial charge in [-0.3, -0.25) is 18.8 Å². The molecule has 0 N–H and O–H groups in total. The number of carbonyl (C=O) groups is 3. The maximum Gasteiger partial charge on any atom is 0.331 e. The Balaban J connectivity index is 1.75. The van der Waals surface area contributed by atoms with Gasteiger partial charge in [-0.2, -0.15) is 0 Å². The van der Waals surface area contributed by atoms with E-state index in [2.05, 4.69) is 0 Å². The van der Waals surface area contributed by atoms with Gasteiger partial charge < -0.3 is 9.47 Å². The molecule has 4 fully saturated rings. The third kappa shape index (κ3) is 1.55. The Labute approximate surface area is 109 Å². The molecule has 104 valence electrons. The van der Waals surface area contributed by atoms with Crippen molar-refractivity contribution in [2.24, 2.45) is 16.7 Å². The van der Waals surface area contributed by atoms with Gasteiger partial charge in [0.1, 0.15) is 0 Å². The number of alkyl halides is 1. The predicted molar refractivity (Wildman–Crippen MR) is 59.5 cm³/mol. The number of hydrogen-bond acceptors (Lipinski definition) is 5. The first-order valence-corrected chi connectivity index (χ1v) is 6.29. The number of esters is 2. The summed E-state index contributed by atoms with van der Waals surface area (Å²) in [6.07, 6.45) is 1.28. The van der Waals surface area contributed by atoms with Gasteiger partial charge >= 0.3 is 11.9 Å². The summed E-state index contributed by atoms with van der Waals surface area (Å²) in [5.74, 6) is -5.00. The van der Waals surface area contributed by atoms with Crippen LogP contribution in [0.4, 0.5) is 4.39 Å². The largest absolute Gasteiger partial charge is 0.422 e. The van der Waals surface area contributed by atoms with Crippen molar-refractivity contribution in [1.82, 2.24) is 0 Å². The Bertz CT molecular complexity index is 455. The molecule has 0 atom stereocenters. The molecule has 0 unspecified atom stereocenters. The Morgan fingerprint density at radius 2 is 1.68 bits per heavy atom. The molecule has 1 saturated heterocycles. The third-order valence-corrected chi connectivity index (χ3v) is 4.37. The Kier molecular flexibility index (Phi) is 2.21. The van der Waals surface area contributed by atoms with Gasteiger partial charge in [0.25, 0.3) is 5.79 Å². The van der Waals surface area contributed by atoms with Crippen LogP contribution >= 0.6 is 0 Å². The minimum atomic E-state index is -1.49. The topological polar surface area (TPSA) is 69.7 Å². The molecular formula is C13H15FO5. The zero-order valence-corrected chi connectivity index (χ0v) is 10.8. The minimum Gasteiger partial charge on any atom is -0.422 e. The number of cyclic esters (lactones) is 2. The maximum absolute atomic E-state index is 12.7. The van der Waals surface area contributed by atoms with Crippen LogP contribution in [0.25, 0.3) is 0 Å². The van der Waals surface area contributed by atoms with E-state index in [1.165, 1.54) is 13.8 Å². The van der Waals surface area contributed by atoms with Crippen molar-refractivity contribution >= 4 is 17.7 Å². The Hall–Kier alpha value is -1.46. The predicted octanol–water partition coefficient (Wildman–Crippen LogP) is 1.15. The van der Waals surface area contributed by atoms with E-state index in [0.29, 0.717) is 19.3 Å². The average Bonchev–Trinajstić information content (AvgIpc) is 2.10. The lowest BCUT2D eigenvalue weighted by Crippen LogP contribution is -2.69. The number of carbonyl (C=O) groups excluding carboxylic acids is 3. The first-order chi connectivity index (χ1) is 8.73. The number of ether oxygens (including phenoxy) is 2. The van der Waals surface area contributed by atoms with Crippen molar-refractivity contribution < 1.29 is 28.2 Å². The molecule has 6 heteroatoms. The Morgan fingerprint density at radius 3 is 2.11 bits per heavy atom. The van der Waals surface area contributed by atoms with Gasteiger partial charge in [0.15, 0.2) is 5.78 Å². The van der Waals surface area contributed by atoms with E-state index in [1.54, 1.807) is 0 Å². The second-order valence-corrected chi connectivity index (χ2v) is 6.48. The molecule has 0 aromatic rings. The molecular weight excluding hydrogens is 255 g/mol. The molecule has 0 aromatic heterocycles. The molecule has 2 bridgehead atoms. The molecule has 1 aliphatic heterocycles. The fourth-order valence-corrected chi connectivity index (χ4v) is 3.64. The summed E-state index contributed by atoms with van der Waals surface area (Å²) in [6, 6.07) is 0. The Morgan fingerprint density at radius 1 is 1.21 bits per heavy atom. The summed E-state index contributed by atoms with van der Waals surface area (Å²) >= 11 is 0. The summed E-state index contributed by atoms with van der Waals surface area (Å²) in [6.45, 7) is 2.42. The highest BCUT2D eigenvalue weighted by Crippen LogP contribution is 2.74. The number of halogens is 1. The van der Waals surface area contributed by atoms with Gasteiger partial charge in [0.2, 0.25) is 5.92 Å². The smallest absolute Gasteiger partial charge is 0.331 e. The quantitative estimate of drug-likeness (QED) is 0.568. The number of hydrogen-bond donors (Lipinski definition) is 0. The van der Waals surface area contributed by atoms with E-state index in [-0.39, 0.29) is 5.41 Å². The third-order valence-electron chi connectivity index (χ3n) is 4.37. The molecule has 3 aliphatic carbocycles. The van der Waals surface area contributed by atoms with Gasteiger partial charge in [-0.1, -0.05) is 0 Å². The fourth-order valence-electron chi connectivity index (χ4n) is 3.64. The lowest BCUT2D eigenvalue weighted by Gasteiger charge is -2.69. The van der Waals surface area contributed by atoms with E-state index < -0.39 is 41.5 Å². The summed E-state index contributed by atoms with van der Waals surface area (Å²) in [5.41, 5.74) is -1.08. The van der Waals surface area contributed by atoms with E-state index in [1.807, 2.05) is 0 Å². The van der Waals surface area contributed by atoms with Crippen molar-refractivity contribution in [2.45, 2.75) is 38.9 Å². The molecule has 4 rings (SSSR count). The van der Waals surface area contributed by atoms with Gasteiger partial charge in [0, 0.05) is 24.7 Å². The van der Waals surface area contributed by atoms with Crippen LogP contribution in [0.5, 0.6) is 0 Å². The second-order valence-electron chi connectivity index (χ2n) is 6.48. The van der Waals surface area contributed by atoms with Crippen LogP contribution in [0.3, 0.4) is 0 Å². The van der Waals surface area contributed by atoms with Crippen molar-refractivity contribution in [1.29, 1.82) is 0 Å². The van der Waals surface area contributed by atoms with Crippen LogP contribution in [0, 0.1) is 16.7 Å². The van der Waals surface area contributed by atoms with Crippen LogP contribution in [-0.2, 0) is 23.9 Å². The molecule has 0 spiro atoms. The highest BCUT2D eigenvalue weighted by Gasteiger charge is 2.73. The molecule has 3 saturated carbocycles. The van der Waals surface area contributed by atoms with E-state index in [0.717, 1.165) is 0 Å². The molecule has 19 heavy (non-hydrogen) atoms. The van der Waals surface area contributed by atoms with Crippen molar-refractivity contribution in [3.8, 4) is 0 Å². The van der Waals surface area contributed by atoms with E-state index >= 15 is 0 Å². The van der Waals surface area contributed by atoms with Crippen molar-refractivity contribution in [3.05, 3.63) is 0 Å². The standard InChI is InChI=1S/C13H15FO5/c1-11(2)18-9(16)7(10(17)19-11)8(15)13-3-12(4-13,5-13)6-14/h7H,3-6H2,1-2H3. The molecule has 1 heterocycles. The summed E-state index contributed by atoms with van der Waals surface area (Å²) in [5, 5.41) is 0. The summed E-state index contributed by atoms with van der Waals surface area (Å²) in [7, 11) is 0. The molecule has 5 nitrogen and oxygen atoms in total. The van der Waals surface area contributed by atoms with Crippen molar-refractivity contribution in [3.63, 3.8) is 0 Å². The lowest BCUT2D eigenvalue weighted by molar-refractivity contribution is -0.246. The summed E-state index contributed by atoms with van der Waals surface area (Å²) < 4.78 is 22.6. The monoisotopic (exact) mass is 270 g/mol. The highest BCUT2D eigenvalue weighted by molar-refractivity contribution is 6.18.